The van der Waals surface area contributed by atoms with Crippen molar-refractivity contribution < 1.29 is 16.0 Å². The Kier molecular flexibility index (Phi) is 6.04. The van der Waals surface area contributed by atoms with Gasteiger partial charge in [0.25, 0.3) is 0 Å². The topological polar surface area (TPSA) is 52.6 Å². The number of benzene rings is 2. The molecule has 0 N–H and O–H groups in total. The first kappa shape index (κ1) is 23.2. The van der Waals surface area contributed by atoms with Crippen LogP contribution < -0.4 is 7.58 Å². The first-order valence-corrected chi connectivity index (χ1v) is 14.6. The van der Waals surface area contributed by atoms with E-state index in [9.17, 15) is 8.42 Å². The lowest BCUT2D eigenvalue weighted by Crippen LogP contribution is -2.30. The Morgan fingerprint density at radius 2 is 1.10 bits per heavy atom. The molecule has 0 saturated carbocycles. The van der Waals surface area contributed by atoms with E-state index < -0.39 is 24.7 Å². The van der Waals surface area contributed by atoms with Crippen LogP contribution in [-0.2, 0) is 20.7 Å². The molecule has 0 fully saturated rings. The zero-order valence-electron chi connectivity index (χ0n) is 17.7. The van der Waals surface area contributed by atoms with Gasteiger partial charge in [-0.3, -0.25) is 0 Å². The quantitative estimate of drug-likeness (QED) is 0.344. The van der Waals surface area contributed by atoms with Crippen LogP contribution in [0.3, 0.4) is 0 Å². The summed E-state index contributed by atoms with van der Waals surface area (Å²) in [6.07, 6.45) is 0. The van der Waals surface area contributed by atoms with Crippen molar-refractivity contribution in [2.24, 2.45) is 0 Å². The largest absolute Gasteiger partial charge is 0.853 e. The van der Waals surface area contributed by atoms with Gasteiger partial charge in [0.2, 0.25) is 9.84 Å². The molecular weight excluding hydrogens is 535 g/mol. The summed E-state index contributed by atoms with van der Waals surface area (Å²) in [5.74, 6) is 2.56. The molecule has 0 radical (unpaired) electrons. The first-order chi connectivity index (χ1) is 13.1. The van der Waals surface area contributed by atoms with Crippen molar-refractivity contribution >= 4 is 56.5 Å². The third-order valence-electron chi connectivity index (χ3n) is 4.90. The number of fused-ring (bicyclic) bond motifs is 2. The molecule has 8 heteroatoms. The Bertz CT molecular complexity index is 1000. The molecule has 0 unspecified atom stereocenters. The van der Waals surface area contributed by atoms with E-state index in [0.29, 0.717) is 20.4 Å². The molecular formula is C21H25AlBr2O4S. The summed E-state index contributed by atoms with van der Waals surface area (Å²) in [6.45, 7) is 12.3. The summed E-state index contributed by atoms with van der Waals surface area (Å²) in [5, 5.41) is 0. The van der Waals surface area contributed by atoms with E-state index in [4.69, 9.17) is 7.58 Å². The van der Waals surface area contributed by atoms with Gasteiger partial charge in [-0.25, -0.2) is 8.42 Å². The van der Waals surface area contributed by atoms with Crippen LogP contribution in [-0.4, -0.2) is 23.2 Å². The van der Waals surface area contributed by atoms with Crippen LogP contribution in [0.4, 0.5) is 0 Å². The van der Waals surface area contributed by atoms with E-state index in [1.807, 2.05) is 17.9 Å². The second-order valence-electron chi connectivity index (χ2n) is 9.38. The minimum Gasteiger partial charge on any atom is -0.610 e. The average Bonchev–Trinajstić information content (AvgIpc) is 2.54. The third-order valence-corrected chi connectivity index (χ3v) is 8.98. The summed E-state index contributed by atoms with van der Waals surface area (Å²) >= 11 is 4.87. The molecule has 0 aliphatic carbocycles. The van der Waals surface area contributed by atoms with Gasteiger partial charge in [-0.15, -0.1) is 0 Å². The predicted octanol–water partition coefficient (Wildman–Crippen LogP) is 6.53. The van der Waals surface area contributed by atoms with E-state index in [0.717, 1.165) is 11.1 Å². The number of halogens is 2. The second-order valence-corrected chi connectivity index (χ2v) is 14.6. The van der Waals surface area contributed by atoms with Crippen molar-refractivity contribution in [2.75, 3.05) is 0 Å². The fourth-order valence-corrected chi connectivity index (χ4v) is 7.82. The van der Waals surface area contributed by atoms with Crippen molar-refractivity contribution in [1.82, 2.24) is 0 Å². The van der Waals surface area contributed by atoms with Crippen LogP contribution in [0.1, 0.15) is 52.7 Å². The fraction of sp³-hybridized carbons (Fsp3) is 0.429. The minimum atomic E-state index is -3.88. The van der Waals surface area contributed by atoms with Crippen LogP contribution in [0.25, 0.3) is 0 Å². The Morgan fingerprint density at radius 3 is 1.41 bits per heavy atom. The van der Waals surface area contributed by atoms with Crippen molar-refractivity contribution in [3.63, 3.8) is 0 Å². The number of hydrogen-bond acceptors (Lipinski definition) is 4. The van der Waals surface area contributed by atoms with Gasteiger partial charge in [-0.1, -0.05) is 41.5 Å². The van der Waals surface area contributed by atoms with E-state index in [-0.39, 0.29) is 20.6 Å². The molecule has 1 aliphatic rings. The standard InChI is InChI=1S/C20H24Br2O4S.CH3.Al/c1-19(2,3)11-7-13(21)17(23)15(9-11)27(25,26)16-10-12(20(4,5)6)8-14(22)18(16)24;;/h7-10,23-24H,1-6H3;1H3;/q;;+2/p-2. The van der Waals surface area contributed by atoms with E-state index >= 15 is 0 Å². The molecule has 29 heavy (non-hydrogen) atoms. The lowest BCUT2D eigenvalue weighted by atomic mass is 9.87. The second kappa shape index (κ2) is 7.56. The van der Waals surface area contributed by atoms with Gasteiger partial charge in [0.05, 0.1) is 8.95 Å². The van der Waals surface area contributed by atoms with Crippen molar-refractivity contribution in [2.45, 2.75) is 67.9 Å². The Morgan fingerprint density at radius 1 is 0.759 bits per heavy atom. The maximum absolute atomic E-state index is 13.9. The predicted molar refractivity (Wildman–Crippen MR) is 124 cm³/mol. The number of rotatable bonds is 0. The maximum Gasteiger partial charge on any atom is 0.853 e. The monoisotopic (exact) mass is 558 g/mol. The van der Waals surface area contributed by atoms with Crippen LogP contribution in [0.5, 0.6) is 11.5 Å². The van der Waals surface area contributed by atoms with Gasteiger partial charge in [-0.2, -0.15) is 0 Å². The highest BCUT2D eigenvalue weighted by Gasteiger charge is 2.39. The molecule has 0 spiro atoms. The molecule has 4 nitrogen and oxygen atoms in total. The highest BCUT2D eigenvalue weighted by Crippen LogP contribution is 2.46. The number of sulfone groups is 1. The van der Waals surface area contributed by atoms with Crippen LogP contribution in [0, 0.1) is 0 Å². The molecule has 0 bridgehead atoms. The smallest absolute Gasteiger partial charge is 0.610 e. The highest BCUT2D eigenvalue weighted by molar-refractivity contribution is 9.11. The molecule has 0 saturated heterocycles. The molecule has 3 rings (SSSR count). The summed E-state index contributed by atoms with van der Waals surface area (Å²) in [5.41, 5.74) is 1.40. The molecule has 1 aliphatic heterocycles. The van der Waals surface area contributed by atoms with E-state index in [1.54, 1.807) is 12.1 Å². The summed E-state index contributed by atoms with van der Waals surface area (Å²) in [7, 11) is -3.88. The van der Waals surface area contributed by atoms with E-state index in [2.05, 4.69) is 73.4 Å². The minimum absolute atomic E-state index is 0.179. The Labute approximate surface area is 195 Å². The van der Waals surface area contributed by atoms with Gasteiger partial charge in [0.1, 0.15) is 21.3 Å². The lowest BCUT2D eigenvalue weighted by molar-refractivity contribution is 0.408. The van der Waals surface area contributed by atoms with Crippen LogP contribution in [0.2, 0.25) is 5.79 Å². The molecule has 0 amide bonds. The normalized spacial score (nSPS) is 16.1. The third kappa shape index (κ3) is 4.43. The molecule has 2 aromatic carbocycles. The van der Waals surface area contributed by atoms with Gasteiger partial charge in [0.15, 0.2) is 0 Å². The first-order valence-electron chi connectivity index (χ1n) is 9.39. The summed E-state index contributed by atoms with van der Waals surface area (Å²) in [4.78, 5) is 0.359. The van der Waals surface area contributed by atoms with Crippen molar-refractivity contribution in [3.05, 3.63) is 44.3 Å². The van der Waals surface area contributed by atoms with Gasteiger partial charge in [0, 0.05) is 0 Å². The molecule has 2 aromatic rings. The van der Waals surface area contributed by atoms with Crippen molar-refractivity contribution in [1.29, 1.82) is 0 Å². The molecule has 156 valence electrons. The SMILES string of the molecule is [CH3][Al]1[O]c2c(Br)cc(C(C)(C)C)cc2S(=O)(=O)c2cc(C(C)(C)C)cc(Br)c2[O]1. The maximum atomic E-state index is 13.9. The fourth-order valence-electron chi connectivity index (χ4n) is 3.10. The lowest BCUT2D eigenvalue weighted by Gasteiger charge is -2.28. The van der Waals surface area contributed by atoms with Crippen LogP contribution in [0.15, 0.2) is 43.0 Å². The Balaban J connectivity index is 2.41. The number of hydrogen-bond donors (Lipinski definition) is 0. The van der Waals surface area contributed by atoms with E-state index in [1.165, 1.54) is 0 Å². The summed E-state index contributed by atoms with van der Waals surface area (Å²) < 4.78 is 41.1. The average molecular weight is 560 g/mol. The van der Waals surface area contributed by atoms with Gasteiger partial charge < -0.3 is 7.58 Å². The summed E-state index contributed by atoms with van der Waals surface area (Å²) in [6, 6.07) is 7.34. The zero-order chi connectivity index (χ0) is 21.9. The Hall–Kier alpha value is -0.518. The highest BCUT2D eigenvalue weighted by atomic mass is 79.9. The van der Waals surface area contributed by atoms with Crippen LogP contribution >= 0.6 is 31.9 Å². The van der Waals surface area contributed by atoms with Gasteiger partial charge in [-0.05, 0) is 83.9 Å². The molecule has 0 aromatic heterocycles. The molecule has 1 heterocycles. The van der Waals surface area contributed by atoms with Crippen molar-refractivity contribution in [3.8, 4) is 11.5 Å². The molecule has 0 atom stereocenters. The zero-order valence-corrected chi connectivity index (χ0v) is 22.8. The van der Waals surface area contributed by atoms with Gasteiger partial charge >= 0.3 is 14.8 Å².